The first-order valence-corrected chi connectivity index (χ1v) is 8.32. The fourth-order valence-electron chi connectivity index (χ4n) is 1.43. The smallest absolute Gasteiger partial charge is 0.0428 e. The second-order valence-corrected chi connectivity index (χ2v) is 5.18. The number of aliphatic hydroxyl groups is 1. The first kappa shape index (κ1) is 26.3. The molecule has 0 fully saturated rings. The van der Waals surface area contributed by atoms with Crippen molar-refractivity contribution >= 4 is 0 Å². The predicted octanol–water partition coefficient (Wildman–Crippen LogP) is 5.99. The zero-order valence-electron chi connectivity index (χ0n) is 15.6. The van der Waals surface area contributed by atoms with Gasteiger partial charge in [0.1, 0.15) is 0 Å². The van der Waals surface area contributed by atoms with Gasteiger partial charge in [-0.1, -0.05) is 25.1 Å². The van der Waals surface area contributed by atoms with Gasteiger partial charge in [0.2, 0.25) is 0 Å². The Bertz CT molecular complexity index is 518. The van der Waals surface area contributed by atoms with Crippen molar-refractivity contribution in [2.24, 2.45) is 0 Å². The van der Waals surface area contributed by atoms with Crippen LogP contribution in [0.25, 0.3) is 0 Å². The molecule has 0 saturated carbocycles. The minimum atomic E-state index is 0. The molecule has 0 spiro atoms. The molecule has 3 aromatic carbocycles. The Balaban J connectivity index is 0. The molecule has 0 saturated heterocycles. The van der Waals surface area contributed by atoms with Crippen LogP contribution in [0.4, 0.5) is 0 Å². The van der Waals surface area contributed by atoms with E-state index in [2.05, 4.69) is 20.8 Å². The molecule has 0 heterocycles. The molecule has 3 aromatic rings. The molecule has 0 radical (unpaired) electrons. The Labute approximate surface area is 178 Å². The third kappa shape index (κ3) is 18.4. The molecule has 0 bridgehead atoms. The molecular formula is C24H29HfO-3. The van der Waals surface area contributed by atoms with Crippen molar-refractivity contribution < 1.29 is 30.9 Å². The van der Waals surface area contributed by atoms with Crippen LogP contribution in [0.1, 0.15) is 30.0 Å². The summed E-state index contributed by atoms with van der Waals surface area (Å²) in [5, 5.41) is 7.88. The minimum absolute atomic E-state index is 0. The molecule has 1 nitrogen and oxygen atoms in total. The third-order valence-corrected chi connectivity index (χ3v) is 2.75. The van der Waals surface area contributed by atoms with Crippen molar-refractivity contribution in [2.75, 3.05) is 6.61 Å². The first-order chi connectivity index (χ1) is 12.1. The number of benzene rings is 3. The van der Waals surface area contributed by atoms with Gasteiger partial charge >= 0.3 is 0 Å². The van der Waals surface area contributed by atoms with Crippen molar-refractivity contribution in [1.82, 2.24) is 0 Å². The topological polar surface area (TPSA) is 20.2 Å². The van der Waals surface area contributed by atoms with E-state index in [0.717, 1.165) is 23.1 Å². The average molecular weight is 512 g/mol. The van der Waals surface area contributed by atoms with Gasteiger partial charge in [-0.25, -0.2) is 0 Å². The number of rotatable bonds is 1. The van der Waals surface area contributed by atoms with E-state index in [1.54, 1.807) is 0 Å². The van der Waals surface area contributed by atoms with Gasteiger partial charge in [-0.2, -0.15) is 73.9 Å². The quantitative estimate of drug-likeness (QED) is 0.314. The minimum Gasteiger partial charge on any atom is -0.396 e. The SMILES string of the molecule is CCCO.[CH2-]c1ccccc1.[CH2-]c1ccccc1.[CH2-]c1ccccc1.[Hf]. The maximum absolute atomic E-state index is 7.88. The fourth-order valence-corrected chi connectivity index (χ4v) is 1.43. The van der Waals surface area contributed by atoms with Crippen molar-refractivity contribution in [3.63, 3.8) is 0 Å². The van der Waals surface area contributed by atoms with Gasteiger partial charge in [0, 0.05) is 32.5 Å². The maximum atomic E-state index is 7.88. The summed E-state index contributed by atoms with van der Waals surface area (Å²) in [6, 6.07) is 29.6. The fraction of sp³-hybridized carbons (Fsp3) is 0.125. The van der Waals surface area contributed by atoms with E-state index in [-0.39, 0.29) is 25.8 Å². The van der Waals surface area contributed by atoms with Gasteiger partial charge in [-0.15, -0.1) is 36.4 Å². The second kappa shape index (κ2) is 19.4. The Hall–Kier alpha value is -1.90. The molecule has 26 heavy (non-hydrogen) atoms. The average Bonchev–Trinajstić information content (AvgIpc) is 2.65. The Morgan fingerprint density at radius 1 is 0.577 bits per heavy atom. The standard InChI is InChI=1S/3C7H7.C3H8O.Hf/c3*1-7-5-3-2-4-6-7;1-2-3-4;/h3*2-6H,1H2;4H,2-3H2,1H3;/q3*-1;;. The number of aliphatic hydroxyl groups excluding tert-OH is 1. The van der Waals surface area contributed by atoms with Crippen LogP contribution in [0, 0.1) is 20.8 Å². The summed E-state index contributed by atoms with van der Waals surface area (Å²) in [4.78, 5) is 0. The van der Waals surface area contributed by atoms with Gasteiger partial charge in [0.05, 0.1) is 0 Å². The summed E-state index contributed by atoms with van der Waals surface area (Å²) in [6.45, 7) is 13.4. The summed E-state index contributed by atoms with van der Waals surface area (Å²) in [5.41, 5.74) is 3.22. The largest absolute Gasteiger partial charge is 0.396 e. The summed E-state index contributed by atoms with van der Waals surface area (Å²) < 4.78 is 0. The molecule has 0 atom stereocenters. The van der Waals surface area contributed by atoms with Gasteiger partial charge in [-0.3, -0.25) is 0 Å². The van der Waals surface area contributed by atoms with Gasteiger partial charge in [-0.05, 0) is 6.42 Å². The summed E-state index contributed by atoms with van der Waals surface area (Å²) in [7, 11) is 0. The van der Waals surface area contributed by atoms with E-state index in [1.165, 1.54) is 0 Å². The van der Waals surface area contributed by atoms with Gasteiger partial charge < -0.3 is 5.11 Å². The van der Waals surface area contributed by atoms with Gasteiger partial charge in [0.15, 0.2) is 0 Å². The molecular weight excluding hydrogens is 483 g/mol. The van der Waals surface area contributed by atoms with Crippen LogP contribution in [0.2, 0.25) is 0 Å². The number of hydrogen-bond acceptors (Lipinski definition) is 1. The molecule has 0 aliphatic carbocycles. The molecule has 3 rings (SSSR count). The molecule has 2 heteroatoms. The molecule has 0 aromatic heterocycles. The van der Waals surface area contributed by atoms with Gasteiger partial charge in [0.25, 0.3) is 0 Å². The van der Waals surface area contributed by atoms with E-state index < -0.39 is 0 Å². The Morgan fingerprint density at radius 3 is 0.846 bits per heavy atom. The van der Waals surface area contributed by atoms with Crippen molar-refractivity contribution in [3.8, 4) is 0 Å². The van der Waals surface area contributed by atoms with Crippen LogP contribution in [0.5, 0.6) is 0 Å². The zero-order valence-corrected chi connectivity index (χ0v) is 19.2. The molecule has 138 valence electrons. The Morgan fingerprint density at radius 2 is 0.769 bits per heavy atom. The monoisotopic (exact) mass is 513 g/mol. The molecule has 0 unspecified atom stereocenters. The first-order valence-electron chi connectivity index (χ1n) is 8.32. The van der Waals surface area contributed by atoms with Crippen LogP contribution < -0.4 is 0 Å². The van der Waals surface area contributed by atoms with Crippen LogP contribution in [-0.4, -0.2) is 11.7 Å². The summed E-state index contributed by atoms with van der Waals surface area (Å²) in [5.74, 6) is 0. The van der Waals surface area contributed by atoms with E-state index in [0.29, 0.717) is 6.61 Å². The summed E-state index contributed by atoms with van der Waals surface area (Å²) >= 11 is 0. The van der Waals surface area contributed by atoms with Crippen molar-refractivity contribution in [1.29, 1.82) is 0 Å². The van der Waals surface area contributed by atoms with Crippen molar-refractivity contribution in [2.45, 2.75) is 13.3 Å². The molecule has 0 aliphatic heterocycles. The van der Waals surface area contributed by atoms with E-state index >= 15 is 0 Å². The van der Waals surface area contributed by atoms with E-state index in [1.807, 2.05) is 97.9 Å². The normalized spacial score (nSPS) is 8.08. The van der Waals surface area contributed by atoms with Crippen LogP contribution in [-0.2, 0) is 25.8 Å². The molecule has 0 amide bonds. The zero-order chi connectivity index (χ0) is 18.8. The van der Waals surface area contributed by atoms with E-state index in [9.17, 15) is 0 Å². The molecule has 1 N–H and O–H groups in total. The van der Waals surface area contributed by atoms with Crippen molar-refractivity contribution in [3.05, 3.63) is 128 Å². The third-order valence-electron chi connectivity index (χ3n) is 2.75. The predicted molar refractivity (Wildman–Crippen MR) is 110 cm³/mol. The van der Waals surface area contributed by atoms with Crippen LogP contribution >= 0.6 is 0 Å². The Kier molecular flexibility index (Phi) is 19.7. The van der Waals surface area contributed by atoms with Crippen LogP contribution in [0.15, 0.2) is 91.0 Å². The second-order valence-electron chi connectivity index (χ2n) is 5.18. The maximum Gasteiger partial charge on any atom is 0.0428 e. The van der Waals surface area contributed by atoms with Crippen LogP contribution in [0.3, 0.4) is 0 Å². The molecule has 0 aliphatic rings. The number of hydrogen-bond donors (Lipinski definition) is 1. The van der Waals surface area contributed by atoms with E-state index in [4.69, 9.17) is 5.11 Å². The summed E-state index contributed by atoms with van der Waals surface area (Å²) in [6.07, 6.45) is 0.875.